The van der Waals surface area contributed by atoms with Crippen LogP contribution in [0.25, 0.3) is 5.69 Å². The molecule has 2 aliphatic heterocycles. The molecule has 1 N–H and O–H groups in total. The number of pyridine rings is 1. The molecule has 2 saturated heterocycles. The van der Waals surface area contributed by atoms with E-state index in [0.717, 1.165) is 61.6 Å². The van der Waals surface area contributed by atoms with Gasteiger partial charge in [0.05, 0.1) is 38.1 Å². The first-order chi connectivity index (χ1) is 16.7. The highest BCUT2D eigenvalue weighted by molar-refractivity contribution is 7.80. The van der Waals surface area contributed by atoms with Crippen molar-refractivity contribution < 1.29 is 9.47 Å². The number of nitrogens with zero attached hydrogens (tertiary/aromatic N) is 4. The Morgan fingerprint density at radius 2 is 1.85 bits per heavy atom. The van der Waals surface area contributed by atoms with Crippen LogP contribution in [0.1, 0.15) is 29.2 Å². The number of hydrogen-bond donors (Lipinski definition) is 1. The summed E-state index contributed by atoms with van der Waals surface area (Å²) < 4.78 is 13.2. The fourth-order valence-corrected chi connectivity index (χ4v) is 5.25. The highest BCUT2D eigenvalue weighted by atomic mass is 32.1. The van der Waals surface area contributed by atoms with Gasteiger partial charge in [0.25, 0.3) is 0 Å². The van der Waals surface area contributed by atoms with Crippen LogP contribution < -0.4 is 10.1 Å². The summed E-state index contributed by atoms with van der Waals surface area (Å²) in [7, 11) is 1.69. The quantitative estimate of drug-likeness (QED) is 0.523. The standard InChI is InChI=1S/C26H31N5O2S/c1-19-6-11-23(31(19)20-7-9-21(32-2)10-8-20)25-24(22-5-3-4-12-27-22)28-26(34)30(25)14-13-29-15-17-33-18-16-29/h3-12,24-25H,13-18H2,1-2H3,(H,28,34)/t24-,25+/m1/s1. The van der Waals surface area contributed by atoms with E-state index < -0.39 is 0 Å². The molecule has 3 aromatic rings. The molecule has 2 aromatic heterocycles. The van der Waals surface area contributed by atoms with Crippen LogP contribution in [0.3, 0.4) is 0 Å². The molecule has 0 radical (unpaired) electrons. The molecular weight excluding hydrogens is 446 g/mol. The van der Waals surface area contributed by atoms with Crippen LogP contribution in [0.2, 0.25) is 0 Å². The SMILES string of the molecule is COc1ccc(-n2c(C)ccc2[C@H]2[C@@H](c3ccccn3)NC(=S)N2CCN2CCOCC2)cc1. The van der Waals surface area contributed by atoms with E-state index in [4.69, 9.17) is 21.7 Å². The molecule has 7 nitrogen and oxygen atoms in total. The van der Waals surface area contributed by atoms with Crippen molar-refractivity contribution in [3.8, 4) is 11.4 Å². The Balaban J connectivity index is 1.52. The summed E-state index contributed by atoms with van der Waals surface area (Å²) in [6, 6.07) is 18.6. The summed E-state index contributed by atoms with van der Waals surface area (Å²) in [6.07, 6.45) is 1.85. The number of aromatic nitrogens is 2. The number of aryl methyl sites for hydroxylation is 1. The topological polar surface area (TPSA) is 54.8 Å². The van der Waals surface area contributed by atoms with Gasteiger partial charge < -0.3 is 24.3 Å². The van der Waals surface area contributed by atoms with E-state index in [1.807, 2.05) is 30.5 Å². The fourth-order valence-electron chi connectivity index (χ4n) is 4.92. The first kappa shape index (κ1) is 22.8. The van der Waals surface area contributed by atoms with Gasteiger partial charge >= 0.3 is 0 Å². The zero-order valence-electron chi connectivity index (χ0n) is 19.7. The van der Waals surface area contributed by atoms with Crippen LogP contribution >= 0.6 is 12.2 Å². The maximum atomic E-state index is 5.88. The molecule has 0 aliphatic carbocycles. The Hall–Kier alpha value is -2.94. The third-order valence-electron chi connectivity index (χ3n) is 6.70. The molecule has 0 spiro atoms. The fraction of sp³-hybridized carbons (Fsp3) is 0.385. The van der Waals surface area contributed by atoms with Crippen molar-refractivity contribution in [1.82, 2.24) is 24.7 Å². The largest absolute Gasteiger partial charge is 0.497 e. The van der Waals surface area contributed by atoms with Gasteiger partial charge in [-0.05, 0) is 67.7 Å². The lowest BCUT2D eigenvalue weighted by atomic mass is 10.0. The Morgan fingerprint density at radius 3 is 2.56 bits per heavy atom. The predicted molar refractivity (Wildman–Crippen MR) is 136 cm³/mol. The molecule has 8 heteroatoms. The van der Waals surface area contributed by atoms with Gasteiger partial charge in [0.1, 0.15) is 5.75 Å². The van der Waals surface area contributed by atoms with Crippen LogP contribution in [-0.4, -0.2) is 71.0 Å². The maximum absolute atomic E-state index is 5.88. The van der Waals surface area contributed by atoms with Gasteiger partial charge in [-0.25, -0.2) is 0 Å². The third-order valence-corrected chi connectivity index (χ3v) is 7.05. The van der Waals surface area contributed by atoms with Gasteiger partial charge in [0.2, 0.25) is 0 Å². The van der Waals surface area contributed by atoms with E-state index in [2.05, 4.69) is 61.9 Å². The molecule has 34 heavy (non-hydrogen) atoms. The Labute approximate surface area is 206 Å². The number of rotatable bonds is 7. The van der Waals surface area contributed by atoms with Crippen LogP contribution in [0, 0.1) is 6.92 Å². The van der Waals surface area contributed by atoms with Crippen molar-refractivity contribution in [2.24, 2.45) is 0 Å². The van der Waals surface area contributed by atoms with Gasteiger partial charge in [0, 0.05) is 49.5 Å². The molecular formula is C26H31N5O2S. The smallest absolute Gasteiger partial charge is 0.170 e. The summed E-state index contributed by atoms with van der Waals surface area (Å²) in [5, 5.41) is 4.35. The van der Waals surface area contributed by atoms with Gasteiger partial charge in [-0.15, -0.1) is 0 Å². The van der Waals surface area contributed by atoms with Crippen molar-refractivity contribution >= 4 is 17.3 Å². The lowest BCUT2D eigenvalue weighted by Crippen LogP contribution is -2.42. The number of ether oxygens (including phenoxy) is 2. The highest BCUT2D eigenvalue weighted by Crippen LogP contribution is 2.40. The molecule has 4 heterocycles. The third kappa shape index (κ3) is 4.53. The lowest BCUT2D eigenvalue weighted by Gasteiger charge is -2.32. The zero-order valence-corrected chi connectivity index (χ0v) is 20.5. The summed E-state index contributed by atoms with van der Waals surface area (Å²) in [4.78, 5) is 9.47. The van der Waals surface area contributed by atoms with Crippen LogP contribution in [0.5, 0.6) is 5.75 Å². The van der Waals surface area contributed by atoms with Gasteiger partial charge in [-0.2, -0.15) is 0 Å². The first-order valence-electron chi connectivity index (χ1n) is 11.8. The van der Waals surface area contributed by atoms with Crippen LogP contribution in [0.4, 0.5) is 0 Å². The van der Waals surface area contributed by atoms with E-state index in [0.29, 0.717) is 0 Å². The number of benzene rings is 1. The van der Waals surface area contributed by atoms with Gasteiger partial charge in [-0.1, -0.05) is 6.07 Å². The predicted octanol–water partition coefficient (Wildman–Crippen LogP) is 3.49. The summed E-state index contributed by atoms with van der Waals surface area (Å²) in [5.41, 5.74) is 4.45. The number of thiocarbonyl (C=S) groups is 1. The molecule has 5 rings (SSSR count). The van der Waals surface area contributed by atoms with Crippen LogP contribution in [-0.2, 0) is 4.74 Å². The Kier molecular flexibility index (Phi) is 6.80. The average molecular weight is 478 g/mol. The molecule has 1 aromatic carbocycles. The molecule has 0 unspecified atom stereocenters. The second-order valence-electron chi connectivity index (χ2n) is 8.71. The molecule has 2 atom stereocenters. The van der Waals surface area contributed by atoms with E-state index >= 15 is 0 Å². The number of morpholine rings is 1. The second-order valence-corrected chi connectivity index (χ2v) is 9.09. The number of hydrogen-bond acceptors (Lipinski definition) is 5. The van der Waals surface area contributed by atoms with E-state index in [1.165, 1.54) is 11.4 Å². The van der Waals surface area contributed by atoms with E-state index in [-0.39, 0.29) is 12.1 Å². The van der Waals surface area contributed by atoms with E-state index in [1.54, 1.807) is 7.11 Å². The monoisotopic (exact) mass is 477 g/mol. The van der Waals surface area contributed by atoms with Crippen molar-refractivity contribution in [2.75, 3.05) is 46.5 Å². The van der Waals surface area contributed by atoms with Crippen molar-refractivity contribution in [3.05, 3.63) is 77.9 Å². The van der Waals surface area contributed by atoms with Crippen molar-refractivity contribution in [2.45, 2.75) is 19.0 Å². The minimum atomic E-state index is -0.0373. The number of methoxy groups -OCH3 is 1. The molecule has 178 valence electrons. The molecule has 2 aliphatic rings. The van der Waals surface area contributed by atoms with Crippen LogP contribution in [0.15, 0.2) is 60.8 Å². The Morgan fingerprint density at radius 1 is 1.06 bits per heavy atom. The zero-order chi connectivity index (χ0) is 23.5. The molecule has 2 fully saturated rings. The van der Waals surface area contributed by atoms with E-state index in [9.17, 15) is 0 Å². The highest BCUT2D eigenvalue weighted by Gasteiger charge is 2.41. The second kappa shape index (κ2) is 10.1. The van der Waals surface area contributed by atoms with Crippen molar-refractivity contribution in [3.63, 3.8) is 0 Å². The van der Waals surface area contributed by atoms with Gasteiger partial charge in [-0.3, -0.25) is 9.88 Å². The number of nitrogens with one attached hydrogen (secondary N) is 1. The summed E-state index contributed by atoms with van der Waals surface area (Å²) in [6.45, 7) is 7.44. The summed E-state index contributed by atoms with van der Waals surface area (Å²) in [5.74, 6) is 0.845. The lowest BCUT2D eigenvalue weighted by molar-refractivity contribution is 0.0349. The Bertz CT molecular complexity index is 1110. The minimum Gasteiger partial charge on any atom is -0.497 e. The summed E-state index contributed by atoms with van der Waals surface area (Å²) >= 11 is 5.88. The first-order valence-corrected chi connectivity index (χ1v) is 12.2. The van der Waals surface area contributed by atoms with Crippen molar-refractivity contribution in [1.29, 1.82) is 0 Å². The minimum absolute atomic E-state index is 0.0132. The molecule has 0 saturated carbocycles. The molecule has 0 bridgehead atoms. The van der Waals surface area contributed by atoms with Gasteiger partial charge in [0.15, 0.2) is 5.11 Å². The maximum Gasteiger partial charge on any atom is 0.170 e. The average Bonchev–Trinajstić information content (AvgIpc) is 3.42. The molecule has 0 amide bonds. The normalized spacial score (nSPS) is 21.0.